The van der Waals surface area contributed by atoms with Crippen molar-refractivity contribution in [1.29, 1.82) is 0 Å². The van der Waals surface area contributed by atoms with E-state index >= 15 is 0 Å². The predicted octanol–water partition coefficient (Wildman–Crippen LogP) is 0.792. The molecule has 1 saturated heterocycles. The smallest absolute Gasteiger partial charge is 0.384 e. The summed E-state index contributed by atoms with van der Waals surface area (Å²) in [5, 5.41) is 2.49. The van der Waals surface area contributed by atoms with Gasteiger partial charge in [0.2, 0.25) is 11.7 Å². The molecule has 1 atom stereocenters. The number of carbonyl (C=O) groups is 1. The van der Waals surface area contributed by atoms with Crippen LogP contribution in [-0.4, -0.2) is 35.5 Å². The molecule has 0 aliphatic carbocycles. The van der Waals surface area contributed by atoms with Crippen LogP contribution in [0.3, 0.4) is 0 Å². The first-order valence-corrected chi connectivity index (χ1v) is 6.03. The molecular weight excluding hydrogens is 275 g/mol. The summed E-state index contributed by atoms with van der Waals surface area (Å²) in [5.41, 5.74) is 5.40. The van der Waals surface area contributed by atoms with Gasteiger partial charge in [-0.25, -0.2) is 9.97 Å². The van der Waals surface area contributed by atoms with Gasteiger partial charge in [-0.1, -0.05) is 0 Å². The highest BCUT2D eigenvalue weighted by molar-refractivity contribution is 5.85. The summed E-state index contributed by atoms with van der Waals surface area (Å²) >= 11 is 0. The second kappa shape index (κ2) is 5.14. The number of likely N-dealkylation sites (N-methyl/N-ethyl adjacent to an activating group) is 1. The molecule has 3 N–H and O–H groups in total. The van der Waals surface area contributed by atoms with E-state index in [1.807, 2.05) is 0 Å². The number of rotatable bonds is 2. The quantitative estimate of drug-likeness (QED) is 0.841. The number of nitrogens with two attached hydrogens (primary N) is 1. The first-order chi connectivity index (χ1) is 9.32. The van der Waals surface area contributed by atoms with Crippen LogP contribution in [0.15, 0.2) is 6.07 Å². The van der Waals surface area contributed by atoms with Crippen molar-refractivity contribution in [3.05, 3.63) is 11.9 Å². The lowest BCUT2D eigenvalue weighted by molar-refractivity contribution is -0.144. The molecule has 1 fully saturated rings. The zero-order chi connectivity index (χ0) is 14.9. The molecule has 110 valence electrons. The lowest BCUT2D eigenvalue weighted by Gasteiger charge is -2.25. The number of nitrogen functional groups attached to an aromatic ring is 1. The third kappa shape index (κ3) is 2.75. The zero-order valence-electron chi connectivity index (χ0n) is 10.7. The van der Waals surface area contributed by atoms with Crippen LogP contribution >= 0.6 is 0 Å². The maximum atomic E-state index is 12.7. The largest absolute Gasteiger partial charge is 0.451 e. The van der Waals surface area contributed by atoms with Crippen molar-refractivity contribution in [2.75, 3.05) is 24.2 Å². The van der Waals surface area contributed by atoms with Crippen LogP contribution in [0.5, 0.6) is 0 Å². The molecule has 1 amide bonds. The Morgan fingerprint density at radius 2 is 2.20 bits per heavy atom. The van der Waals surface area contributed by atoms with Crippen molar-refractivity contribution in [1.82, 2.24) is 15.3 Å². The van der Waals surface area contributed by atoms with Gasteiger partial charge in [0.1, 0.15) is 17.7 Å². The summed E-state index contributed by atoms with van der Waals surface area (Å²) in [4.78, 5) is 19.9. The minimum absolute atomic E-state index is 0.0240. The van der Waals surface area contributed by atoms with Gasteiger partial charge in [-0.05, 0) is 12.8 Å². The molecule has 0 saturated carbocycles. The second-order valence-corrected chi connectivity index (χ2v) is 4.44. The van der Waals surface area contributed by atoms with Crippen molar-refractivity contribution in [2.45, 2.75) is 25.1 Å². The van der Waals surface area contributed by atoms with Crippen LogP contribution < -0.4 is 16.0 Å². The number of anilines is 2. The van der Waals surface area contributed by atoms with E-state index in [1.165, 1.54) is 18.0 Å². The fourth-order valence-corrected chi connectivity index (χ4v) is 2.21. The van der Waals surface area contributed by atoms with Gasteiger partial charge < -0.3 is 16.0 Å². The molecule has 1 aromatic heterocycles. The molecule has 1 unspecified atom stereocenters. The average molecular weight is 289 g/mol. The second-order valence-electron chi connectivity index (χ2n) is 4.44. The highest BCUT2D eigenvalue weighted by Gasteiger charge is 2.37. The van der Waals surface area contributed by atoms with E-state index in [1.54, 1.807) is 0 Å². The summed E-state index contributed by atoms with van der Waals surface area (Å²) in [7, 11) is 1.48. The van der Waals surface area contributed by atoms with Crippen LogP contribution in [0.2, 0.25) is 0 Å². The van der Waals surface area contributed by atoms with Crippen molar-refractivity contribution >= 4 is 17.5 Å². The summed E-state index contributed by atoms with van der Waals surface area (Å²) in [5.74, 6) is -1.80. The Morgan fingerprint density at radius 1 is 1.50 bits per heavy atom. The van der Waals surface area contributed by atoms with Gasteiger partial charge in [0.25, 0.3) is 0 Å². The molecule has 0 bridgehead atoms. The number of carbonyl (C=O) groups excluding carboxylic acids is 1. The van der Waals surface area contributed by atoms with Gasteiger partial charge >= 0.3 is 6.18 Å². The third-order valence-electron chi connectivity index (χ3n) is 3.08. The summed E-state index contributed by atoms with van der Waals surface area (Å²) in [6, 6.07) is 0.714. The molecule has 0 spiro atoms. The SMILES string of the molecule is CNC(=O)C1CCCN1c1cc(N)nc(C(F)(F)F)n1. The van der Waals surface area contributed by atoms with Gasteiger partial charge in [-0.15, -0.1) is 0 Å². The van der Waals surface area contributed by atoms with Crippen LogP contribution in [0.25, 0.3) is 0 Å². The molecule has 0 aromatic carbocycles. The molecular formula is C11H14F3N5O. The van der Waals surface area contributed by atoms with Crippen LogP contribution in [0.4, 0.5) is 24.8 Å². The van der Waals surface area contributed by atoms with E-state index in [0.717, 1.165) is 0 Å². The Balaban J connectivity index is 2.37. The van der Waals surface area contributed by atoms with E-state index in [-0.39, 0.29) is 17.5 Å². The van der Waals surface area contributed by atoms with E-state index in [4.69, 9.17) is 5.73 Å². The normalized spacial score (nSPS) is 19.2. The number of aromatic nitrogens is 2. The molecule has 6 nitrogen and oxygen atoms in total. The molecule has 1 aromatic rings. The third-order valence-corrected chi connectivity index (χ3v) is 3.08. The monoisotopic (exact) mass is 289 g/mol. The van der Waals surface area contributed by atoms with Crippen molar-refractivity contribution in [2.24, 2.45) is 0 Å². The van der Waals surface area contributed by atoms with E-state index in [9.17, 15) is 18.0 Å². The Hall–Kier alpha value is -2.06. The van der Waals surface area contributed by atoms with Crippen LogP contribution in [0, 0.1) is 0 Å². The summed E-state index contributed by atoms with van der Waals surface area (Å²) in [6.45, 7) is 0.450. The Morgan fingerprint density at radius 3 is 2.80 bits per heavy atom. The lowest BCUT2D eigenvalue weighted by Crippen LogP contribution is -2.42. The van der Waals surface area contributed by atoms with Gasteiger partial charge in [0.05, 0.1) is 0 Å². The van der Waals surface area contributed by atoms with Gasteiger partial charge in [0.15, 0.2) is 0 Å². The van der Waals surface area contributed by atoms with Crippen molar-refractivity contribution < 1.29 is 18.0 Å². The number of nitrogens with one attached hydrogen (secondary N) is 1. The van der Waals surface area contributed by atoms with Gasteiger partial charge in [-0.2, -0.15) is 13.2 Å². The molecule has 2 rings (SSSR count). The first kappa shape index (κ1) is 14.4. The van der Waals surface area contributed by atoms with Crippen LogP contribution in [0.1, 0.15) is 18.7 Å². The minimum Gasteiger partial charge on any atom is -0.384 e. The highest BCUT2D eigenvalue weighted by Crippen LogP contribution is 2.31. The minimum atomic E-state index is -4.67. The van der Waals surface area contributed by atoms with Crippen molar-refractivity contribution in [3.63, 3.8) is 0 Å². The number of hydrogen-bond donors (Lipinski definition) is 2. The highest BCUT2D eigenvalue weighted by atomic mass is 19.4. The lowest BCUT2D eigenvalue weighted by atomic mass is 10.2. The number of hydrogen-bond acceptors (Lipinski definition) is 5. The average Bonchev–Trinajstić information content (AvgIpc) is 2.85. The fourth-order valence-electron chi connectivity index (χ4n) is 2.21. The van der Waals surface area contributed by atoms with E-state index in [0.29, 0.717) is 19.4 Å². The maximum Gasteiger partial charge on any atom is 0.451 e. The summed E-state index contributed by atoms with van der Waals surface area (Å²) in [6.07, 6.45) is -3.42. The predicted molar refractivity (Wildman–Crippen MR) is 65.9 cm³/mol. The van der Waals surface area contributed by atoms with Crippen molar-refractivity contribution in [3.8, 4) is 0 Å². The van der Waals surface area contributed by atoms with E-state index < -0.39 is 18.0 Å². The molecule has 0 radical (unpaired) electrons. The topological polar surface area (TPSA) is 84.1 Å². The van der Waals surface area contributed by atoms with Gasteiger partial charge in [-0.3, -0.25) is 4.79 Å². The Labute approximate surface area is 113 Å². The van der Waals surface area contributed by atoms with Gasteiger partial charge in [0, 0.05) is 19.7 Å². The molecule has 20 heavy (non-hydrogen) atoms. The number of halogens is 3. The Kier molecular flexibility index (Phi) is 3.69. The molecule has 2 heterocycles. The standard InChI is InChI=1S/C11H14F3N5O/c1-16-9(20)6-3-2-4-19(6)8-5-7(15)17-10(18-8)11(12,13)14/h5-6H,2-4H2,1H3,(H,16,20)(H2,15,17,18). The first-order valence-electron chi connectivity index (χ1n) is 6.03. The number of alkyl halides is 3. The van der Waals surface area contributed by atoms with E-state index in [2.05, 4.69) is 15.3 Å². The summed E-state index contributed by atoms with van der Waals surface area (Å²) < 4.78 is 38.0. The zero-order valence-corrected chi connectivity index (χ0v) is 10.7. The fraction of sp³-hybridized carbons (Fsp3) is 0.545. The number of amides is 1. The Bertz CT molecular complexity index is 519. The maximum absolute atomic E-state index is 12.7. The molecule has 9 heteroatoms. The molecule has 1 aliphatic heterocycles. The molecule has 1 aliphatic rings. The van der Waals surface area contributed by atoms with Crippen LogP contribution in [-0.2, 0) is 11.0 Å². The number of nitrogens with zero attached hydrogens (tertiary/aromatic N) is 3.